The second-order valence-corrected chi connectivity index (χ2v) is 6.70. The highest BCUT2D eigenvalue weighted by Crippen LogP contribution is 2.36. The third kappa shape index (κ3) is 1.02. The van der Waals surface area contributed by atoms with Gasteiger partial charge in [-0.1, -0.05) is 12.8 Å². The lowest BCUT2D eigenvalue weighted by molar-refractivity contribution is 0.251. The van der Waals surface area contributed by atoms with Crippen LogP contribution in [0.2, 0.25) is 12.1 Å². The summed E-state index contributed by atoms with van der Waals surface area (Å²) >= 11 is 0. The summed E-state index contributed by atoms with van der Waals surface area (Å²) in [5.41, 5.74) is 0. The van der Waals surface area contributed by atoms with Gasteiger partial charge in [-0.3, -0.25) is 0 Å². The molecule has 10 heavy (non-hydrogen) atoms. The van der Waals surface area contributed by atoms with Gasteiger partial charge in [-0.15, -0.1) is 0 Å². The molecule has 3 heteroatoms. The van der Waals surface area contributed by atoms with E-state index in [1.807, 2.05) is 0 Å². The molecule has 0 aliphatic carbocycles. The first-order valence-corrected chi connectivity index (χ1v) is 6.36. The van der Waals surface area contributed by atoms with Gasteiger partial charge in [0, 0.05) is 0 Å². The topological polar surface area (TPSA) is 18.5 Å². The number of hydrogen-bond donors (Lipinski definition) is 0. The van der Waals surface area contributed by atoms with Crippen LogP contribution in [0.3, 0.4) is 0 Å². The zero-order chi connectivity index (χ0) is 7.03. The quantitative estimate of drug-likeness (QED) is 0.499. The second-order valence-electron chi connectivity index (χ2n) is 3.36. The Morgan fingerprint density at radius 1 is 1.30 bits per heavy atom. The van der Waals surface area contributed by atoms with Crippen LogP contribution in [0, 0.1) is 0 Å². The minimum Gasteiger partial charge on any atom is -0.392 e. The molecule has 0 radical (unpaired) electrons. The van der Waals surface area contributed by atoms with E-state index in [0.717, 1.165) is 6.61 Å². The summed E-state index contributed by atoms with van der Waals surface area (Å²) in [4.78, 5) is 0. The van der Waals surface area contributed by atoms with Gasteiger partial charge in [0.25, 0.3) is 0 Å². The second kappa shape index (κ2) is 2.32. The molecule has 0 aromatic rings. The van der Waals surface area contributed by atoms with E-state index in [1.165, 1.54) is 24.9 Å². The van der Waals surface area contributed by atoms with E-state index in [1.54, 1.807) is 0 Å². The molecule has 0 N–H and O–H groups in total. The first-order valence-electron chi connectivity index (χ1n) is 4.13. The molecule has 1 spiro atoms. The van der Waals surface area contributed by atoms with E-state index in [2.05, 4.69) is 6.92 Å². The molecule has 2 nitrogen and oxygen atoms in total. The third-order valence-electron chi connectivity index (χ3n) is 2.36. The molecule has 2 aliphatic rings. The Morgan fingerprint density at radius 2 is 2.00 bits per heavy atom. The molecule has 2 rings (SSSR count). The fraction of sp³-hybridized carbons (Fsp3) is 1.00. The van der Waals surface area contributed by atoms with Crippen LogP contribution in [-0.2, 0) is 8.85 Å². The molecule has 1 atom stereocenters. The average molecular weight is 158 g/mol. The van der Waals surface area contributed by atoms with Crippen molar-refractivity contribution in [1.29, 1.82) is 0 Å². The maximum atomic E-state index is 5.83. The summed E-state index contributed by atoms with van der Waals surface area (Å²) in [6.07, 6.45) is 3.04. The van der Waals surface area contributed by atoms with Crippen LogP contribution >= 0.6 is 0 Å². The van der Waals surface area contributed by atoms with Crippen molar-refractivity contribution in [3.63, 3.8) is 0 Å². The SMILES string of the molecule is CC1CO[Si]2(CCCC2)O1. The average Bonchev–Trinajstić information content (AvgIpc) is 2.46. The Labute approximate surface area is 62.8 Å². The molecular weight excluding hydrogens is 144 g/mol. The van der Waals surface area contributed by atoms with Crippen molar-refractivity contribution in [3.05, 3.63) is 0 Å². The molecule has 1 unspecified atom stereocenters. The Kier molecular flexibility index (Phi) is 1.59. The highest BCUT2D eigenvalue weighted by molar-refractivity contribution is 6.68. The molecule has 0 aromatic heterocycles. The maximum absolute atomic E-state index is 5.83. The normalized spacial score (nSPS) is 37.5. The Balaban J connectivity index is 2.03. The largest absolute Gasteiger partial charge is 0.392 e. The highest BCUT2D eigenvalue weighted by Gasteiger charge is 2.46. The zero-order valence-electron chi connectivity index (χ0n) is 6.43. The summed E-state index contributed by atoms with van der Waals surface area (Å²) in [6.45, 7) is 2.96. The highest BCUT2D eigenvalue weighted by atomic mass is 28.4. The number of hydrogen-bond acceptors (Lipinski definition) is 2. The monoisotopic (exact) mass is 158 g/mol. The van der Waals surface area contributed by atoms with Gasteiger partial charge < -0.3 is 8.85 Å². The van der Waals surface area contributed by atoms with E-state index < -0.39 is 8.56 Å². The fourth-order valence-corrected chi connectivity index (χ4v) is 5.64. The molecule has 2 heterocycles. The van der Waals surface area contributed by atoms with E-state index in [0.29, 0.717) is 6.10 Å². The van der Waals surface area contributed by atoms with Gasteiger partial charge in [0.2, 0.25) is 0 Å². The number of rotatable bonds is 0. The molecule has 0 bridgehead atoms. The van der Waals surface area contributed by atoms with Crippen molar-refractivity contribution >= 4 is 8.56 Å². The smallest absolute Gasteiger partial charge is 0.338 e. The minimum absolute atomic E-state index is 0.379. The molecule has 0 aromatic carbocycles. The summed E-state index contributed by atoms with van der Waals surface area (Å²) in [7, 11) is -1.53. The molecule has 2 saturated heterocycles. The van der Waals surface area contributed by atoms with Crippen LogP contribution in [0.5, 0.6) is 0 Å². The maximum Gasteiger partial charge on any atom is 0.338 e. The molecule has 2 aliphatic heterocycles. The first-order chi connectivity index (χ1) is 4.81. The van der Waals surface area contributed by atoms with Crippen molar-refractivity contribution in [1.82, 2.24) is 0 Å². The predicted molar refractivity (Wildman–Crippen MR) is 41.1 cm³/mol. The fourth-order valence-electron chi connectivity index (χ4n) is 1.88. The first kappa shape index (κ1) is 6.82. The van der Waals surface area contributed by atoms with Crippen LogP contribution in [0.1, 0.15) is 19.8 Å². The van der Waals surface area contributed by atoms with Gasteiger partial charge in [0.1, 0.15) is 0 Å². The third-order valence-corrected chi connectivity index (χ3v) is 6.12. The van der Waals surface area contributed by atoms with Crippen LogP contribution in [0.4, 0.5) is 0 Å². The van der Waals surface area contributed by atoms with Gasteiger partial charge in [-0.05, 0) is 19.0 Å². The predicted octanol–water partition coefficient (Wildman–Crippen LogP) is 1.66. The lowest BCUT2D eigenvalue weighted by atomic mass is 10.4. The van der Waals surface area contributed by atoms with E-state index in [4.69, 9.17) is 8.85 Å². The zero-order valence-corrected chi connectivity index (χ0v) is 7.43. The van der Waals surface area contributed by atoms with Gasteiger partial charge in [0.15, 0.2) is 0 Å². The van der Waals surface area contributed by atoms with Crippen molar-refractivity contribution < 1.29 is 8.85 Å². The van der Waals surface area contributed by atoms with E-state index in [-0.39, 0.29) is 0 Å². The van der Waals surface area contributed by atoms with E-state index in [9.17, 15) is 0 Å². The molecule has 2 fully saturated rings. The van der Waals surface area contributed by atoms with E-state index >= 15 is 0 Å². The van der Waals surface area contributed by atoms with Crippen LogP contribution in [0.25, 0.3) is 0 Å². The summed E-state index contributed by atoms with van der Waals surface area (Å²) in [6, 6.07) is 2.49. The van der Waals surface area contributed by atoms with Gasteiger partial charge in [-0.25, -0.2) is 0 Å². The van der Waals surface area contributed by atoms with Crippen molar-refractivity contribution in [2.45, 2.75) is 38.0 Å². The molecular formula is C7H14O2Si. The van der Waals surface area contributed by atoms with Crippen LogP contribution in [-0.4, -0.2) is 21.3 Å². The van der Waals surface area contributed by atoms with Crippen LogP contribution < -0.4 is 0 Å². The summed E-state index contributed by atoms with van der Waals surface area (Å²) in [5.74, 6) is 0. The Bertz CT molecular complexity index is 132. The standard InChI is InChI=1S/C7H14O2Si/c1-7-6-8-10(9-7)4-2-3-5-10/h7H,2-6H2,1H3. The summed E-state index contributed by atoms with van der Waals surface area (Å²) < 4.78 is 11.6. The lowest BCUT2D eigenvalue weighted by Gasteiger charge is -2.16. The van der Waals surface area contributed by atoms with Gasteiger partial charge in [-0.2, -0.15) is 0 Å². The molecule has 58 valence electrons. The lowest BCUT2D eigenvalue weighted by Crippen LogP contribution is -2.32. The summed E-state index contributed by atoms with van der Waals surface area (Å²) in [5, 5.41) is 0. The Morgan fingerprint density at radius 3 is 2.50 bits per heavy atom. The van der Waals surface area contributed by atoms with Crippen molar-refractivity contribution in [3.8, 4) is 0 Å². The molecule has 0 saturated carbocycles. The molecule has 0 amide bonds. The van der Waals surface area contributed by atoms with Gasteiger partial charge >= 0.3 is 8.56 Å². The Hall–Kier alpha value is 0.137. The minimum atomic E-state index is -1.53. The van der Waals surface area contributed by atoms with Crippen LogP contribution in [0.15, 0.2) is 0 Å². The van der Waals surface area contributed by atoms with Crippen molar-refractivity contribution in [2.24, 2.45) is 0 Å². The van der Waals surface area contributed by atoms with Gasteiger partial charge in [0.05, 0.1) is 12.7 Å². The van der Waals surface area contributed by atoms with Crippen molar-refractivity contribution in [2.75, 3.05) is 6.61 Å².